The minimum atomic E-state index is 0.521. The standard InChI is InChI=1S/C5H7ClN2/c6-5-2-1-4(3-7)8-5/h1-2,8H,3,7H2. The Balaban J connectivity index is 2.84. The first kappa shape index (κ1) is 5.66. The van der Waals surface area contributed by atoms with Crippen LogP contribution in [0.25, 0.3) is 0 Å². The highest BCUT2D eigenvalue weighted by Crippen LogP contribution is 2.05. The lowest BCUT2D eigenvalue weighted by molar-refractivity contribution is 1.01. The van der Waals surface area contributed by atoms with Gasteiger partial charge in [0.1, 0.15) is 5.15 Å². The summed E-state index contributed by atoms with van der Waals surface area (Å²) in [6, 6.07) is 3.64. The number of halogens is 1. The highest BCUT2D eigenvalue weighted by atomic mass is 35.5. The molecule has 1 aromatic heterocycles. The minimum absolute atomic E-state index is 0.521. The van der Waals surface area contributed by atoms with E-state index >= 15 is 0 Å². The summed E-state index contributed by atoms with van der Waals surface area (Å²) in [5.41, 5.74) is 6.24. The molecule has 44 valence electrons. The van der Waals surface area contributed by atoms with Gasteiger partial charge in [-0.2, -0.15) is 0 Å². The molecule has 1 rings (SSSR count). The molecule has 0 fully saturated rings. The zero-order chi connectivity index (χ0) is 5.98. The van der Waals surface area contributed by atoms with Crippen LogP contribution in [0.2, 0.25) is 5.15 Å². The molecule has 0 bridgehead atoms. The van der Waals surface area contributed by atoms with E-state index in [0.29, 0.717) is 11.7 Å². The Morgan fingerprint density at radius 1 is 1.62 bits per heavy atom. The van der Waals surface area contributed by atoms with Crippen LogP contribution in [-0.2, 0) is 6.54 Å². The van der Waals surface area contributed by atoms with Gasteiger partial charge in [0.05, 0.1) is 0 Å². The summed E-state index contributed by atoms with van der Waals surface area (Å²) < 4.78 is 0. The first-order valence-corrected chi connectivity index (χ1v) is 2.74. The van der Waals surface area contributed by atoms with Gasteiger partial charge in [0.15, 0.2) is 0 Å². The van der Waals surface area contributed by atoms with Crippen molar-refractivity contribution in [1.29, 1.82) is 0 Å². The van der Waals surface area contributed by atoms with Crippen LogP contribution in [0.1, 0.15) is 5.69 Å². The van der Waals surface area contributed by atoms with E-state index in [1.807, 2.05) is 6.07 Å². The Morgan fingerprint density at radius 2 is 2.38 bits per heavy atom. The van der Waals surface area contributed by atoms with E-state index in [0.717, 1.165) is 5.69 Å². The molecule has 0 aliphatic rings. The number of aromatic nitrogens is 1. The van der Waals surface area contributed by atoms with Crippen LogP contribution in [0.5, 0.6) is 0 Å². The van der Waals surface area contributed by atoms with Crippen LogP contribution in [0.15, 0.2) is 12.1 Å². The SMILES string of the molecule is NCc1ccc(Cl)[nH]1. The van der Waals surface area contributed by atoms with E-state index < -0.39 is 0 Å². The van der Waals surface area contributed by atoms with Crippen molar-refractivity contribution in [3.8, 4) is 0 Å². The van der Waals surface area contributed by atoms with Gasteiger partial charge in [-0.1, -0.05) is 11.6 Å². The van der Waals surface area contributed by atoms with Gasteiger partial charge < -0.3 is 10.7 Å². The quantitative estimate of drug-likeness (QED) is 0.588. The Labute approximate surface area is 52.6 Å². The molecule has 1 aromatic rings. The van der Waals surface area contributed by atoms with E-state index in [-0.39, 0.29) is 0 Å². The largest absolute Gasteiger partial charge is 0.348 e. The van der Waals surface area contributed by atoms with Crippen molar-refractivity contribution in [2.75, 3.05) is 0 Å². The number of hydrogen-bond acceptors (Lipinski definition) is 1. The predicted octanol–water partition coefficient (Wildman–Crippen LogP) is 1.13. The Morgan fingerprint density at radius 3 is 2.62 bits per heavy atom. The molecule has 0 spiro atoms. The van der Waals surface area contributed by atoms with E-state index in [1.165, 1.54) is 0 Å². The van der Waals surface area contributed by atoms with Gasteiger partial charge >= 0.3 is 0 Å². The zero-order valence-electron chi connectivity index (χ0n) is 4.32. The number of nitrogens with one attached hydrogen (secondary N) is 1. The number of rotatable bonds is 1. The van der Waals surface area contributed by atoms with Crippen LogP contribution in [-0.4, -0.2) is 4.98 Å². The van der Waals surface area contributed by atoms with Crippen molar-refractivity contribution >= 4 is 11.6 Å². The maximum atomic E-state index is 5.53. The lowest BCUT2D eigenvalue weighted by Gasteiger charge is -1.83. The maximum absolute atomic E-state index is 5.53. The van der Waals surface area contributed by atoms with Crippen molar-refractivity contribution in [3.63, 3.8) is 0 Å². The third kappa shape index (κ3) is 1.02. The first-order valence-electron chi connectivity index (χ1n) is 2.36. The van der Waals surface area contributed by atoms with Gasteiger partial charge in [0.2, 0.25) is 0 Å². The van der Waals surface area contributed by atoms with Gasteiger partial charge in [-0.05, 0) is 12.1 Å². The fourth-order valence-corrected chi connectivity index (χ4v) is 0.714. The molecule has 3 N–H and O–H groups in total. The van der Waals surface area contributed by atoms with E-state index in [1.54, 1.807) is 6.07 Å². The second kappa shape index (κ2) is 2.20. The summed E-state index contributed by atoms with van der Waals surface area (Å²) in [7, 11) is 0. The van der Waals surface area contributed by atoms with Crippen LogP contribution < -0.4 is 5.73 Å². The fourth-order valence-electron chi connectivity index (χ4n) is 0.530. The molecule has 2 nitrogen and oxygen atoms in total. The lowest BCUT2D eigenvalue weighted by atomic mass is 10.4. The predicted molar refractivity (Wildman–Crippen MR) is 33.7 cm³/mol. The molecule has 0 aliphatic heterocycles. The number of hydrogen-bond donors (Lipinski definition) is 2. The number of H-pyrrole nitrogens is 1. The Hall–Kier alpha value is -0.470. The molecule has 3 heteroatoms. The molecule has 0 amide bonds. The van der Waals surface area contributed by atoms with Crippen LogP contribution in [0, 0.1) is 0 Å². The Kier molecular flexibility index (Phi) is 1.56. The average molecular weight is 131 g/mol. The second-order valence-electron chi connectivity index (χ2n) is 1.54. The normalized spacial score (nSPS) is 9.75. The molecule has 0 saturated carbocycles. The van der Waals surface area contributed by atoms with E-state index in [9.17, 15) is 0 Å². The molecule has 0 aliphatic carbocycles. The van der Waals surface area contributed by atoms with Gasteiger partial charge in [-0.25, -0.2) is 0 Å². The maximum Gasteiger partial charge on any atom is 0.106 e. The average Bonchev–Trinajstić information content (AvgIpc) is 2.14. The summed E-state index contributed by atoms with van der Waals surface area (Å²) in [4.78, 5) is 2.87. The monoisotopic (exact) mass is 130 g/mol. The van der Waals surface area contributed by atoms with E-state index in [2.05, 4.69) is 4.98 Å². The van der Waals surface area contributed by atoms with Crippen molar-refractivity contribution in [2.45, 2.75) is 6.54 Å². The Bertz CT molecular complexity index is 171. The molecule has 0 atom stereocenters. The third-order valence-electron chi connectivity index (χ3n) is 0.931. The van der Waals surface area contributed by atoms with Crippen molar-refractivity contribution in [3.05, 3.63) is 23.0 Å². The highest BCUT2D eigenvalue weighted by molar-refractivity contribution is 6.29. The first-order chi connectivity index (χ1) is 3.83. The molecule has 0 saturated heterocycles. The summed E-state index contributed by atoms with van der Waals surface area (Å²) in [6.07, 6.45) is 0. The molecular weight excluding hydrogens is 124 g/mol. The van der Waals surface area contributed by atoms with Gasteiger partial charge in [0.25, 0.3) is 0 Å². The van der Waals surface area contributed by atoms with E-state index in [4.69, 9.17) is 17.3 Å². The van der Waals surface area contributed by atoms with Gasteiger partial charge in [-0.15, -0.1) is 0 Å². The minimum Gasteiger partial charge on any atom is -0.348 e. The smallest absolute Gasteiger partial charge is 0.106 e. The van der Waals surface area contributed by atoms with Crippen molar-refractivity contribution in [1.82, 2.24) is 4.98 Å². The van der Waals surface area contributed by atoms with Crippen LogP contribution >= 0.6 is 11.6 Å². The molecule has 0 unspecified atom stereocenters. The summed E-state index contributed by atoms with van der Waals surface area (Å²) in [5.74, 6) is 0. The molecule has 1 heterocycles. The number of aromatic amines is 1. The van der Waals surface area contributed by atoms with Gasteiger partial charge in [0, 0.05) is 12.2 Å². The van der Waals surface area contributed by atoms with Crippen LogP contribution in [0.4, 0.5) is 0 Å². The number of nitrogens with two attached hydrogens (primary N) is 1. The topological polar surface area (TPSA) is 41.8 Å². The summed E-state index contributed by atoms with van der Waals surface area (Å²) in [5, 5.41) is 0.644. The molecule has 8 heavy (non-hydrogen) atoms. The van der Waals surface area contributed by atoms with Crippen molar-refractivity contribution < 1.29 is 0 Å². The van der Waals surface area contributed by atoms with Gasteiger partial charge in [-0.3, -0.25) is 0 Å². The fraction of sp³-hybridized carbons (Fsp3) is 0.200. The zero-order valence-corrected chi connectivity index (χ0v) is 5.07. The van der Waals surface area contributed by atoms with Crippen LogP contribution in [0.3, 0.4) is 0 Å². The third-order valence-corrected chi connectivity index (χ3v) is 1.15. The second-order valence-corrected chi connectivity index (χ2v) is 1.94. The lowest BCUT2D eigenvalue weighted by Crippen LogP contribution is -1.94. The van der Waals surface area contributed by atoms with Crippen molar-refractivity contribution in [2.24, 2.45) is 5.73 Å². The summed E-state index contributed by atoms with van der Waals surface area (Å²) in [6.45, 7) is 0.521. The molecular formula is C5H7ClN2. The molecule has 0 aromatic carbocycles. The molecule has 0 radical (unpaired) electrons. The highest BCUT2D eigenvalue weighted by Gasteiger charge is 1.89. The summed E-state index contributed by atoms with van der Waals surface area (Å²) >= 11 is 5.53.